The molecule has 0 aliphatic rings. The summed E-state index contributed by atoms with van der Waals surface area (Å²) in [5.41, 5.74) is 0.857. The monoisotopic (exact) mass is 600 g/mol. The normalized spacial score (nSPS) is 12.1. The van der Waals surface area contributed by atoms with Crippen LogP contribution in [-0.4, -0.2) is 22.2 Å². The highest BCUT2D eigenvalue weighted by Gasteiger charge is 2.26. The number of unbranched alkanes of at least 4 members (excludes halogenated alkanes) is 8. The van der Waals surface area contributed by atoms with E-state index in [1.807, 2.05) is 19.1 Å². The highest BCUT2D eigenvalue weighted by molar-refractivity contribution is 7.99. The van der Waals surface area contributed by atoms with E-state index in [1.54, 1.807) is 17.4 Å². The standard InChI is InChI=1S/C33H44O6S2/c1-3-5-6-7-8-9-10-11-17-24-21-22-27(40-24)26(19-12-13-20-28(34)35)41-32-29(36)25-18-14-16-23(15-4-2)30(25)39-31(32)33(37)38/h14,16,18,21-22,26H,3-13,15,17,19-20H2,1-2H3,(H,34,35)(H,37,38). The third-order valence-corrected chi connectivity index (χ3v) is 10.1. The zero-order valence-corrected chi connectivity index (χ0v) is 26.0. The van der Waals surface area contributed by atoms with Gasteiger partial charge in [-0.3, -0.25) is 9.59 Å². The fraction of sp³-hybridized carbons (Fsp3) is 0.545. The maximum atomic E-state index is 13.7. The zero-order chi connectivity index (χ0) is 29.6. The van der Waals surface area contributed by atoms with E-state index >= 15 is 0 Å². The van der Waals surface area contributed by atoms with Crippen molar-refractivity contribution >= 4 is 46.0 Å². The summed E-state index contributed by atoms with van der Waals surface area (Å²) in [4.78, 5) is 39.5. The Morgan fingerprint density at radius 3 is 2.29 bits per heavy atom. The minimum atomic E-state index is -1.26. The first-order valence-electron chi connectivity index (χ1n) is 15.1. The van der Waals surface area contributed by atoms with E-state index in [0.29, 0.717) is 36.7 Å². The summed E-state index contributed by atoms with van der Waals surface area (Å²) < 4.78 is 5.93. The lowest BCUT2D eigenvalue weighted by Crippen LogP contribution is -2.13. The lowest BCUT2D eigenvalue weighted by Gasteiger charge is -2.16. The number of thiophene rings is 1. The number of carbonyl (C=O) groups is 2. The molecule has 224 valence electrons. The van der Waals surface area contributed by atoms with Crippen LogP contribution < -0.4 is 5.43 Å². The number of benzene rings is 1. The largest absolute Gasteiger partial charge is 0.481 e. The lowest BCUT2D eigenvalue weighted by molar-refractivity contribution is -0.137. The number of carboxylic acid groups (broad SMARTS) is 2. The van der Waals surface area contributed by atoms with Crippen LogP contribution >= 0.6 is 23.1 Å². The number of aryl methyl sites for hydroxylation is 2. The molecule has 1 unspecified atom stereocenters. The molecule has 41 heavy (non-hydrogen) atoms. The number of aromatic carboxylic acids is 1. The number of rotatable bonds is 20. The maximum absolute atomic E-state index is 13.7. The topological polar surface area (TPSA) is 105 Å². The fourth-order valence-corrected chi connectivity index (χ4v) is 7.69. The molecule has 3 rings (SSSR count). The molecule has 6 nitrogen and oxygen atoms in total. The molecule has 0 saturated heterocycles. The van der Waals surface area contributed by atoms with Crippen molar-refractivity contribution in [1.82, 2.24) is 0 Å². The smallest absolute Gasteiger partial charge is 0.373 e. The molecule has 0 aliphatic carbocycles. The van der Waals surface area contributed by atoms with Gasteiger partial charge >= 0.3 is 11.9 Å². The Balaban J connectivity index is 1.80. The Labute approximate surface area is 251 Å². The van der Waals surface area contributed by atoms with Crippen LogP contribution in [0.15, 0.2) is 44.4 Å². The first-order chi connectivity index (χ1) is 19.8. The summed E-state index contributed by atoms with van der Waals surface area (Å²) in [6.45, 7) is 4.26. The molecule has 2 N–H and O–H groups in total. The first kappa shape index (κ1) is 32.9. The highest BCUT2D eigenvalue weighted by atomic mass is 32.2. The molecule has 0 amide bonds. The minimum Gasteiger partial charge on any atom is -0.481 e. The Kier molecular flexibility index (Phi) is 14.0. The molecule has 0 bridgehead atoms. The zero-order valence-electron chi connectivity index (χ0n) is 24.4. The van der Waals surface area contributed by atoms with Gasteiger partial charge in [-0.25, -0.2) is 4.79 Å². The molecule has 0 saturated carbocycles. The van der Waals surface area contributed by atoms with E-state index in [9.17, 15) is 19.5 Å². The molecule has 0 radical (unpaired) electrons. The second-order valence-electron chi connectivity index (χ2n) is 10.7. The molecule has 8 heteroatoms. The molecule has 3 aromatic rings. The van der Waals surface area contributed by atoms with Crippen molar-refractivity contribution in [2.24, 2.45) is 0 Å². The Morgan fingerprint density at radius 2 is 1.61 bits per heavy atom. The number of hydrogen-bond acceptors (Lipinski definition) is 6. The fourth-order valence-electron chi connectivity index (χ4n) is 5.11. The summed E-state index contributed by atoms with van der Waals surface area (Å²) in [6.07, 6.45) is 14.6. The molecule has 0 aliphatic heterocycles. The van der Waals surface area contributed by atoms with E-state index in [-0.39, 0.29) is 27.8 Å². The van der Waals surface area contributed by atoms with Gasteiger partial charge in [-0.05, 0) is 55.9 Å². The SMILES string of the molecule is CCCCCCCCCCc1ccc(C(CCCCC(=O)O)Sc2c(C(=O)O)oc3c(CCC)cccc3c2=O)s1. The van der Waals surface area contributed by atoms with Gasteiger partial charge in [0, 0.05) is 21.4 Å². The Bertz CT molecular complexity index is 1320. The molecule has 0 spiro atoms. The highest BCUT2D eigenvalue weighted by Crippen LogP contribution is 2.43. The molecule has 2 aromatic heterocycles. The van der Waals surface area contributed by atoms with E-state index in [1.165, 1.54) is 61.6 Å². The maximum Gasteiger partial charge on any atom is 0.373 e. The van der Waals surface area contributed by atoms with Gasteiger partial charge in [0.15, 0.2) is 0 Å². The van der Waals surface area contributed by atoms with E-state index in [0.717, 1.165) is 29.7 Å². The summed E-state index contributed by atoms with van der Waals surface area (Å²) in [5.74, 6) is -2.41. The van der Waals surface area contributed by atoms with Crippen molar-refractivity contribution in [3.63, 3.8) is 0 Å². The van der Waals surface area contributed by atoms with Crippen molar-refractivity contribution < 1.29 is 24.2 Å². The number of para-hydroxylation sites is 1. The average Bonchev–Trinajstić information content (AvgIpc) is 3.42. The van der Waals surface area contributed by atoms with Crippen LogP contribution in [0.4, 0.5) is 0 Å². The van der Waals surface area contributed by atoms with Crippen molar-refractivity contribution in [2.45, 2.75) is 120 Å². The molecule has 1 aromatic carbocycles. The van der Waals surface area contributed by atoms with Gasteiger partial charge in [0.05, 0.1) is 5.39 Å². The van der Waals surface area contributed by atoms with Crippen molar-refractivity contribution in [3.8, 4) is 0 Å². The van der Waals surface area contributed by atoms with Gasteiger partial charge in [-0.15, -0.1) is 23.1 Å². The average molecular weight is 601 g/mol. The van der Waals surface area contributed by atoms with Crippen molar-refractivity contribution in [3.05, 3.63) is 61.6 Å². The van der Waals surface area contributed by atoms with Crippen LogP contribution in [0.5, 0.6) is 0 Å². The van der Waals surface area contributed by atoms with E-state index < -0.39 is 11.9 Å². The number of thioether (sulfide) groups is 1. The van der Waals surface area contributed by atoms with Gasteiger partial charge in [0.1, 0.15) is 10.5 Å². The number of fused-ring (bicyclic) bond motifs is 1. The number of hydrogen-bond donors (Lipinski definition) is 2. The van der Waals surface area contributed by atoms with Crippen LogP contribution in [0.1, 0.15) is 128 Å². The van der Waals surface area contributed by atoms with Crippen molar-refractivity contribution in [1.29, 1.82) is 0 Å². The van der Waals surface area contributed by atoms with Crippen LogP contribution in [0.3, 0.4) is 0 Å². The number of aliphatic carboxylic acids is 1. The lowest BCUT2D eigenvalue weighted by atomic mass is 10.1. The summed E-state index contributed by atoms with van der Waals surface area (Å²) >= 11 is 2.96. The molecule has 1 atom stereocenters. The third-order valence-electron chi connectivity index (χ3n) is 7.31. The van der Waals surface area contributed by atoms with Crippen molar-refractivity contribution in [2.75, 3.05) is 0 Å². The van der Waals surface area contributed by atoms with Crippen LogP contribution in [0.25, 0.3) is 11.0 Å². The molecule has 2 heterocycles. The second kappa shape index (κ2) is 17.4. The van der Waals surface area contributed by atoms with Gasteiger partial charge in [0.2, 0.25) is 11.2 Å². The van der Waals surface area contributed by atoms with Gasteiger partial charge in [-0.1, -0.05) is 83.8 Å². The predicted molar refractivity (Wildman–Crippen MR) is 169 cm³/mol. The Hall–Kier alpha value is -2.58. The van der Waals surface area contributed by atoms with E-state index in [2.05, 4.69) is 19.1 Å². The predicted octanol–water partition coefficient (Wildman–Crippen LogP) is 9.67. The molecular weight excluding hydrogens is 556 g/mol. The number of carboxylic acids is 2. The van der Waals surface area contributed by atoms with Crippen LogP contribution in [0, 0.1) is 0 Å². The Morgan fingerprint density at radius 1 is 0.878 bits per heavy atom. The van der Waals surface area contributed by atoms with Gasteiger partial charge in [-0.2, -0.15) is 0 Å². The van der Waals surface area contributed by atoms with E-state index in [4.69, 9.17) is 9.52 Å². The van der Waals surface area contributed by atoms with Crippen LogP contribution in [0.2, 0.25) is 0 Å². The summed E-state index contributed by atoms with van der Waals surface area (Å²) in [7, 11) is 0. The molecular formula is C33H44O6S2. The third kappa shape index (κ3) is 10.0. The quantitative estimate of drug-likeness (QED) is 0.0982. The summed E-state index contributed by atoms with van der Waals surface area (Å²) in [5, 5.41) is 19.3. The van der Waals surface area contributed by atoms with Crippen LogP contribution in [-0.2, 0) is 17.6 Å². The first-order valence-corrected chi connectivity index (χ1v) is 16.8. The van der Waals surface area contributed by atoms with Gasteiger partial charge in [0.25, 0.3) is 0 Å². The van der Waals surface area contributed by atoms with Gasteiger partial charge < -0.3 is 14.6 Å². The summed E-state index contributed by atoms with van der Waals surface area (Å²) in [6, 6.07) is 9.62. The molecule has 0 fully saturated rings. The second-order valence-corrected chi connectivity index (χ2v) is 13.1. The minimum absolute atomic E-state index is 0.0875.